The van der Waals surface area contributed by atoms with E-state index < -0.39 is 0 Å². The van der Waals surface area contributed by atoms with Crippen molar-refractivity contribution in [3.63, 3.8) is 0 Å². The summed E-state index contributed by atoms with van der Waals surface area (Å²) in [6.07, 6.45) is 3.89. The number of hydrogen-bond acceptors (Lipinski definition) is 4. The SMILES string of the molecule is CC(NCc1cnn(C)c1)c1ccc2c(c1)OCO2. The molecule has 5 heteroatoms. The van der Waals surface area contributed by atoms with Crippen LogP contribution in [-0.2, 0) is 13.6 Å². The minimum atomic E-state index is 0.245. The minimum Gasteiger partial charge on any atom is -0.454 e. The van der Waals surface area contributed by atoms with Crippen LogP contribution in [0.5, 0.6) is 11.5 Å². The molecule has 100 valence electrons. The second-order valence-corrected chi connectivity index (χ2v) is 4.74. The molecule has 19 heavy (non-hydrogen) atoms. The number of aryl methyl sites for hydroxylation is 1. The first-order valence-corrected chi connectivity index (χ1v) is 6.33. The van der Waals surface area contributed by atoms with E-state index in [0.717, 1.165) is 18.0 Å². The molecule has 1 aliphatic rings. The molecule has 0 aliphatic carbocycles. The van der Waals surface area contributed by atoms with Crippen LogP contribution in [-0.4, -0.2) is 16.6 Å². The number of ether oxygens (including phenoxy) is 2. The molecule has 0 spiro atoms. The maximum absolute atomic E-state index is 5.39. The number of aromatic nitrogens is 2. The molecule has 0 amide bonds. The van der Waals surface area contributed by atoms with Crippen molar-refractivity contribution >= 4 is 0 Å². The van der Waals surface area contributed by atoms with Gasteiger partial charge < -0.3 is 14.8 Å². The number of nitrogens with zero attached hydrogens (tertiary/aromatic N) is 2. The van der Waals surface area contributed by atoms with E-state index in [1.165, 1.54) is 11.1 Å². The molecule has 1 aliphatic heterocycles. The summed E-state index contributed by atoms with van der Waals surface area (Å²) < 4.78 is 12.5. The van der Waals surface area contributed by atoms with Gasteiger partial charge in [0, 0.05) is 31.4 Å². The smallest absolute Gasteiger partial charge is 0.231 e. The molecule has 1 unspecified atom stereocenters. The maximum atomic E-state index is 5.39. The lowest BCUT2D eigenvalue weighted by Gasteiger charge is -2.14. The van der Waals surface area contributed by atoms with Crippen molar-refractivity contribution in [3.05, 3.63) is 41.7 Å². The van der Waals surface area contributed by atoms with Crippen LogP contribution in [0, 0.1) is 0 Å². The van der Waals surface area contributed by atoms with Gasteiger partial charge in [-0.05, 0) is 24.6 Å². The quantitative estimate of drug-likeness (QED) is 0.912. The molecule has 0 saturated heterocycles. The Morgan fingerprint density at radius 2 is 2.21 bits per heavy atom. The molecule has 0 fully saturated rings. The molecule has 0 bridgehead atoms. The Labute approximate surface area is 112 Å². The van der Waals surface area contributed by atoms with Crippen LogP contribution >= 0.6 is 0 Å². The normalized spacial score (nSPS) is 14.6. The predicted octanol–water partition coefficient (Wildman–Crippen LogP) is 2.00. The molecule has 5 nitrogen and oxygen atoms in total. The van der Waals surface area contributed by atoms with Crippen molar-refractivity contribution in [2.45, 2.75) is 19.5 Å². The number of rotatable bonds is 4. The van der Waals surface area contributed by atoms with Gasteiger partial charge in [0.25, 0.3) is 0 Å². The van der Waals surface area contributed by atoms with Gasteiger partial charge in [-0.25, -0.2) is 0 Å². The van der Waals surface area contributed by atoms with Crippen molar-refractivity contribution < 1.29 is 9.47 Å². The molecular formula is C14H17N3O2. The lowest BCUT2D eigenvalue weighted by molar-refractivity contribution is 0.174. The highest BCUT2D eigenvalue weighted by Crippen LogP contribution is 2.34. The number of hydrogen-bond donors (Lipinski definition) is 1. The van der Waals surface area contributed by atoms with Crippen LogP contribution < -0.4 is 14.8 Å². The zero-order valence-corrected chi connectivity index (χ0v) is 11.1. The van der Waals surface area contributed by atoms with Crippen LogP contribution in [0.1, 0.15) is 24.1 Å². The first-order chi connectivity index (χ1) is 9.22. The molecule has 0 radical (unpaired) electrons. The molecule has 1 aromatic carbocycles. The first kappa shape index (κ1) is 12.0. The Morgan fingerprint density at radius 1 is 1.37 bits per heavy atom. The van der Waals surface area contributed by atoms with Gasteiger partial charge in [0.15, 0.2) is 11.5 Å². The molecule has 3 rings (SSSR count). The fourth-order valence-electron chi connectivity index (χ4n) is 2.13. The highest BCUT2D eigenvalue weighted by Gasteiger charge is 2.15. The second kappa shape index (κ2) is 4.93. The van der Waals surface area contributed by atoms with Crippen LogP contribution in [0.25, 0.3) is 0 Å². The van der Waals surface area contributed by atoms with Gasteiger partial charge >= 0.3 is 0 Å². The van der Waals surface area contributed by atoms with Gasteiger partial charge in [-0.2, -0.15) is 5.10 Å². The van der Waals surface area contributed by atoms with E-state index in [4.69, 9.17) is 9.47 Å². The summed E-state index contributed by atoms with van der Waals surface area (Å²) in [4.78, 5) is 0. The number of nitrogens with one attached hydrogen (secondary N) is 1. The molecule has 0 saturated carbocycles. The maximum Gasteiger partial charge on any atom is 0.231 e. The van der Waals surface area contributed by atoms with Crippen LogP contribution in [0.2, 0.25) is 0 Å². The lowest BCUT2D eigenvalue weighted by atomic mass is 10.1. The van der Waals surface area contributed by atoms with Crippen LogP contribution in [0.15, 0.2) is 30.6 Å². The van der Waals surface area contributed by atoms with E-state index in [2.05, 4.69) is 23.4 Å². The van der Waals surface area contributed by atoms with Gasteiger partial charge in [0.05, 0.1) is 6.20 Å². The standard InChI is InChI=1S/C14H17N3O2/c1-10(15-6-11-7-16-17(2)8-11)12-3-4-13-14(5-12)19-9-18-13/h3-5,7-8,10,15H,6,9H2,1-2H3. The van der Waals surface area contributed by atoms with E-state index in [1.807, 2.05) is 36.3 Å². The summed E-state index contributed by atoms with van der Waals surface area (Å²) >= 11 is 0. The highest BCUT2D eigenvalue weighted by atomic mass is 16.7. The van der Waals surface area contributed by atoms with Gasteiger partial charge in [0.1, 0.15) is 0 Å². The van der Waals surface area contributed by atoms with E-state index in [-0.39, 0.29) is 6.04 Å². The Kier molecular flexibility index (Phi) is 3.13. The van der Waals surface area contributed by atoms with Gasteiger partial charge in [-0.3, -0.25) is 4.68 Å². The first-order valence-electron chi connectivity index (χ1n) is 6.33. The van der Waals surface area contributed by atoms with Crippen molar-refractivity contribution in [3.8, 4) is 11.5 Å². The van der Waals surface area contributed by atoms with Crippen molar-refractivity contribution in [2.24, 2.45) is 7.05 Å². The molecule has 2 heterocycles. The van der Waals surface area contributed by atoms with Gasteiger partial charge in [0.2, 0.25) is 6.79 Å². The molecule has 1 atom stereocenters. The van der Waals surface area contributed by atoms with Gasteiger partial charge in [-0.1, -0.05) is 6.07 Å². The molecule has 2 aromatic rings. The lowest BCUT2D eigenvalue weighted by Crippen LogP contribution is -2.17. The van der Waals surface area contributed by atoms with E-state index >= 15 is 0 Å². The number of benzene rings is 1. The third-order valence-electron chi connectivity index (χ3n) is 3.27. The third kappa shape index (κ3) is 2.56. The summed E-state index contributed by atoms with van der Waals surface area (Å²) in [5, 5.41) is 7.62. The van der Waals surface area contributed by atoms with Crippen molar-refractivity contribution in [1.29, 1.82) is 0 Å². The topological polar surface area (TPSA) is 48.3 Å². The summed E-state index contributed by atoms with van der Waals surface area (Å²) in [5.74, 6) is 1.65. The predicted molar refractivity (Wildman–Crippen MR) is 71.0 cm³/mol. The summed E-state index contributed by atoms with van der Waals surface area (Å²) in [7, 11) is 1.92. The molecule has 1 N–H and O–H groups in total. The van der Waals surface area contributed by atoms with E-state index in [0.29, 0.717) is 6.79 Å². The fourth-order valence-corrected chi connectivity index (χ4v) is 2.13. The van der Waals surface area contributed by atoms with E-state index in [1.54, 1.807) is 0 Å². The third-order valence-corrected chi connectivity index (χ3v) is 3.27. The average Bonchev–Trinajstić information content (AvgIpc) is 3.03. The Balaban J connectivity index is 1.65. The largest absolute Gasteiger partial charge is 0.454 e. The zero-order valence-electron chi connectivity index (χ0n) is 11.1. The van der Waals surface area contributed by atoms with Crippen molar-refractivity contribution in [2.75, 3.05) is 6.79 Å². The zero-order chi connectivity index (χ0) is 13.2. The Bertz CT molecular complexity index is 580. The Hall–Kier alpha value is -2.01. The van der Waals surface area contributed by atoms with Crippen molar-refractivity contribution in [1.82, 2.24) is 15.1 Å². The van der Waals surface area contributed by atoms with E-state index in [9.17, 15) is 0 Å². The van der Waals surface area contributed by atoms with Crippen LogP contribution in [0.4, 0.5) is 0 Å². The highest BCUT2D eigenvalue weighted by molar-refractivity contribution is 5.45. The Morgan fingerprint density at radius 3 is 3.00 bits per heavy atom. The van der Waals surface area contributed by atoms with Gasteiger partial charge in [-0.15, -0.1) is 0 Å². The summed E-state index contributed by atoms with van der Waals surface area (Å²) in [6, 6.07) is 6.30. The minimum absolute atomic E-state index is 0.245. The average molecular weight is 259 g/mol. The fraction of sp³-hybridized carbons (Fsp3) is 0.357. The molecular weight excluding hydrogens is 242 g/mol. The summed E-state index contributed by atoms with van der Waals surface area (Å²) in [6.45, 7) is 3.24. The summed E-state index contributed by atoms with van der Waals surface area (Å²) in [5.41, 5.74) is 2.36. The number of fused-ring (bicyclic) bond motifs is 1. The molecule has 1 aromatic heterocycles. The monoisotopic (exact) mass is 259 g/mol. The van der Waals surface area contributed by atoms with Crippen LogP contribution in [0.3, 0.4) is 0 Å². The second-order valence-electron chi connectivity index (χ2n) is 4.74.